The Labute approximate surface area is 157 Å². The summed E-state index contributed by atoms with van der Waals surface area (Å²) in [6, 6.07) is 5.50. The van der Waals surface area contributed by atoms with E-state index < -0.39 is 0 Å². The maximum Gasteiger partial charge on any atom is 0.224 e. The van der Waals surface area contributed by atoms with Crippen molar-refractivity contribution in [3.63, 3.8) is 0 Å². The molecule has 2 N–H and O–H groups in total. The van der Waals surface area contributed by atoms with E-state index in [1.165, 1.54) is 19.3 Å². The molecular weight excluding hydrogens is 344 g/mol. The summed E-state index contributed by atoms with van der Waals surface area (Å²) in [5.41, 5.74) is 2.37. The maximum absolute atomic E-state index is 10.6. The number of hydrogen-bond acceptors (Lipinski definition) is 5. The zero-order valence-corrected chi connectivity index (χ0v) is 15.2. The molecular formula is C20H22N4O3. The molecule has 140 valence electrons. The van der Waals surface area contributed by atoms with Crippen molar-refractivity contribution < 1.29 is 14.3 Å². The molecule has 7 heteroatoms. The number of ether oxygens (including phenoxy) is 2. The molecule has 0 aromatic carbocycles. The monoisotopic (exact) mass is 366 g/mol. The van der Waals surface area contributed by atoms with Gasteiger partial charge in [-0.2, -0.15) is 0 Å². The number of methoxy groups -OCH3 is 1. The largest absolute Gasteiger partial charge is 0.490 e. The Balaban J connectivity index is 0.000000547. The average molecular weight is 366 g/mol. The Morgan fingerprint density at radius 3 is 2.70 bits per heavy atom. The van der Waals surface area contributed by atoms with Gasteiger partial charge in [-0.15, -0.1) is 0 Å². The van der Waals surface area contributed by atoms with E-state index in [1.54, 1.807) is 19.4 Å². The summed E-state index contributed by atoms with van der Waals surface area (Å²) in [6.07, 6.45) is 11.0. The van der Waals surface area contributed by atoms with Crippen LogP contribution in [0, 0.1) is 0 Å². The van der Waals surface area contributed by atoms with Crippen LogP contribution in [-0.4, -0.2) is 34.6 Å². The number of H-pyrrole nitrogens is 1. The number of aromatic nitrogens is 3. The van der Waals surface area contributed by atoms with E-state index in [9.17, 15) is 4.79 Å². The lowest BCUT2D eigenvalue weighted by molar-refractivity contribution is -0.105. The van der Waals surface area contributed by atoms with Gasteiger partial charge >= 0.3 is 0 Å². The summed E-state index contributed by atoms with van der Waals surface area (Å²) in [6.45, 7) is 0. The molecule has 2 aliphatic carbocycles. The first kappa shape index (κ1) is 17.3. The number of pyridine rings is 2. The summed E-state index contributed by atoms with van der Waals surface area (Å²) in [7, 11) is 1.59. The number of carbonyl (C=O) groups excluding carboxylic acids is 1. The first-order chi connectivity index (χ1) is 13.3. The number of rotatable bonds is 6. The minimum Gasteiger partial charge on any atom is -0.490 e. The fourth-order valence-corrected chi connectivity index (χ4v) is 2.64. The van der Waals surface area contributed by atoms with Gasteiger partial charge in [0.1, 0.15) is 17.2 Å². The number of fused-ring (bicyclic) bond motifs is 1. The van der Waals surface area contributed by atoms with Crippen molar-refractivity contribution in [2.24, 2.45) is 0 Å². The molecule has 0 aliphatic heterocycles. The Morgan fingerprint density at radius 1 is 1.22 bits per heavy atom. The second kappa shape index (κ2) is 7.65. The molecule has 3 aromatic heterocycles. The van der Waals surface area contributed by atoms with Crippen LogP contribution in [0.2, 0.25) is 0 Å². The van der Waals surface area contributed by atoms with Gasteiger partial charge in [-0.3, -0.25) is 4.79 Å². The number of carbonyl (C=O) groups is 1. The summed E-state index contributed by atoms with van der Waals surface area (Å²) < 4.78 is 11.5. The molecule has 5 rings (SSSR count). The zero-order chi connectivity index (χ0) is 18.6. The Bertz CT molecular complexity index is 945. The van der Waals surface area contributed by atoms with Gasteiger partial charge < -0.3 is 19.8 Å². The third-order valence-corrected chi connectivity index (χ3v) is 4.26. The van der Waals surface area contributed by atoms with E-state index >= 15 is 0 Å². The summed E-state index contributed by atoms with van der Waals surface area (Å²) in [5, 5.41) is 3.44. The van der Waals surface area contributed by atoms with Crippen LogP contribution in [0.5, 0.6) is 11.6 Å². The van der Waals surface area contributed by atoms with Crippen molar-refractivity contribution in [1.82, 2.24) is 15.0 Å². The first-order valence-corrected chi connectivity index (χ1v) is 9.18. The lowest BCUT2D eigenvalue weighted by Gasteiger charge is -2.13. The van der Waals surface area contributed by atoms with Crippen LogP contribution in [0.25, 0.3) is 22.2 Å². The molecule has 7 nitrogen and oxygen atoms in total. The summed E-state index contributed by atoms with van der Waals surface area (Å²) in [4.78, 5) is 22.4. The van der Waals surface area contributed by atoms with Gasteiger partial charge in [-0.05, 0) is 31.0 Å². The lowest BCUT2D eigenvalue weighted by Crippen LogP contribution is -2.00. The van der Waals surface area contributed by atoms with E-state index in [1.807, 2.05) is 18.3 Å². The van der Waals surface area contributed by atoms with Gasteiger partial charge in [0.25, 0.3) is 0 Å². The standard InChI is InChI=1S/C17H16N4O3.C3H6/c1-23-17-15(13(6-7-18-17)24-10-2-3-10)12-8-19-16-11(12)4-5-14(21-16)20-9-22;1-2-3-1/h4-10H,2-3H2,1H3,(H2,19,20,21,22);1-3H2. The lowest BCUT2D eigenvalue weighted by atomic mass is 10.1. The fraction of sp³-hybridized carbons (Fsp3) is 0.350. The van der Waals surface area contributed by atoms with Crippen LogP contribution < -0.4 is 14.8 Å². The number of amides is 1. The van der Waals surface area contributed by atoms with Crippen LogP contribution >= 0.6 is 0 Å². The third kappa shape index (κ3) is 4.02. The van der Waals surface area contributed by atoms with Crippen LogP contribution in [0.1, 0.15) is 32.1 Å². The highest BCUT2D eigenvalue weighted by Gasteiger charge is 2.27. The van der Waals surface area contributed by atoms with Gasteiger partial charge in [0.2, 0.25) is 12.3 Å². The SMILES string of the molecule is C1CC1.COc1nccc(OC2CC2)c1-c1c[nH]c2nc(NC=O)ccc12. The molecule has 2 saturated carbocycles. The molecule has 3 aromatic rings. The predicted octanol–water partition coefficient (Wildman–Crippen LogP) is 3.91. The van der Waals surface area contributed by atoms with E-state index in [-0.39, 0.29) is 6.10 Å². The maximum atomic E-state index is 10.6. The van der Waals surface area contributed by atoms with Crippen LogP contribution in [0.4, 0.5) is 5.82 Å². The smallest absolute Gasteiger partial charge is 0.224 e. The molecule has 3 heterocycles. The third-order valence-electron chi connectivity index (χ3n) is 4.26. The van der Waals surface area contributed by atoms with Crippen molar-refractivity contribution in [2.45, 2.75) is 38.2 Å². The van der Waals surface area contributed by atoms with E-state index in [0.29, 0.717) is 23.8 Å². The van der Waals surface area contributed by atoms with Crippen LogP contribution in [0.15, 0.2) is 30.6 Å². The molecule has 0 bridgehead atoms. The van der Waals surface area contributed by atoms with Gasteiger partial charge in [-0.25, -0.2) is 9.97 Å². The van der Waals surface area contributed by atoms with Gasteiger partial charge in [0.05, 0.1) is 18.8 Å². The Morgan fingerprint density at radius 2 is 2.04 bits per heavy atom. The normalized spacial score (nSPS) is 14.9. The highest BCUT2D eigenvalue weighted by Crippen LogP contribution is 2.42. The van der Waals surface area contributed by atoms with Gasteiger partial charge in [0.15, 0.2) is 0 Å². The van der Waals surface area contributed by atoms with E-state index in [2.05, 4.69) is 20.3 Å². The van der Waals surface area contributed by atoms with E-state index in [4.69, 9.17) is 9.47 Å². The van der Waals surface area contributed by atoms with E-state index in [0.717, 1.165) is 35.1 Å². The zero-order valence-electron chi connectivity index (χ0n) is 15.2. The minimum atomic E-state index is 0.266. The quantitative estimate of drug-likeness (QED) is 0.646. The fourth-order valence-electron chi connectivity index (χ4n) is 2.64. The predicted molar refractivity (Wildman–Crippen MR) is 103 cm³/mol. The Kier molecular flexibility index (Phi) is 4.91. The molecule has 2 fully saturated rings. The molecule has 0 unspecified atom stereocenters. The molecule has 0 atom stereocenters. The van der Waals surface area contributed by atoms with Crippen LogP contribution in [0.3, 0.4) is 0 Å². The summed E-state index contributed by atoms with van der Waals surface area (Å²) in [5.74, 6) is 1.74. The average Bonchev–Trinajstić information content (AvgIpc) is 3.60. The number of anilines is 1. The van der Waals surface area contributed by atoms with Crippen molar-refractivity contribution in [3.05, 3.63) is 30.6 Å². The molecule has 0 spiro atoms. The highest BCUT2D eigenvalue weighted by atomic mass is 16.5. The number of hydrogen-bond donors (Lipinski definition) is 2. The van der Waals surface area contributed by atoms with Crippen molar-refractivity contribution in [1.29, 1.82) is 0 Å². The molecule has 1 amide bonds. The molecule has 0 saturated heterocycles. The van der Waals surface area contributed by atoms with Crippen LogP contribution in [-0.2, 0) is 4.79 Å². The molecule has 2 aliphatic rings. The summed E-state index contributed by atoms with van der Waals surface area (Å²) >= 11 is 0. The second-order valence-electron chi connectivity index (χ2n) is 6.63. The number of nitrogens with zero attached hydrogens (tertiary/aromatic N) is 2. The topological polar surface area (TPSA) is 89.1 Å². The van der Waals surface area contributed by atoms with Crippen molar-refractivity contribution in [2.75, 3.05) is 12.4 Å². The number of aromatic amines is 1. The molecule has 0 radical (unpaired) electrons. The van der Waals surface area contributed by atoms with Crippen molar-refractivity contribution in [3.8, 4) is 22.8 Å². The highest BCUT2D eigenvalue weighted by molar-refractivity contribution is 5.97. The molecule has 27 heavy (non-hydrogen) atoms. The van der Waals surface area contributed by atoms with Gasteiger partial charge in [0, 0.05) is 23.3 Å². The first-order valence-electron chi connectivity index (χ1n) is 9.18. The van der Waals surface area contributed by atoms with Crippen molar-refractivity contribution >= 4 is 23.3 Å². The second-order valence-corrected chi connectivity index (χ2v) is 6.63. The number of nitrogens with one attached hydrogen (secondary N) is 2. The Hall–Kier alpha value is -3.09. The minimum absolute atomic E-state index is 0.266. The van der Waals surface area contributed by atoms with Gasteiger partial charge in [-0.1, -0.05) is 19.3 Å².